The Balaban J connectivity index is 3.28. The highest BCUT2D eigenvalue weighted by atomic mass is 19.2. The highest BCUT2D eigenvalue weighted by molar-refractivity contribution is 5.49. The molecule has 0 aliphatic heterocycles. The van der Waals surface area contributed by atoms with Gasteiger partial charge in [0.1, 0.15) is 5.69 Å². The molecule has 1 atom stereocenters. The lowest BCUT2D eigenvalue weighted by Crippen LogP contribution is -2.37. The van der Waals surface area contributed by atoms with E-state index in [1.165, 1.54) is 12.0 Å². The first-order valence-electron chi connectivity index (χ1n) is 5.89. The van der Waals surface area contributed by atoms with Crippen molar-refractivity contribution >= 4 is 5.69 Å². The molecular formula is C12H16F4N2O. The Kier molecular flexibility index (Phi) is 5.53. The molecule has 19 heavy (non-hydrogen) atoms. The molecule has 0 bridgehead atoms. The molecular weight excluding hydrogens is 264 g/mol. The van der Waals surface area contributed by atoms with Crippen LogP contribution >= 0.6 is 0 Å². The summed E-state index contributed by atoms with van der Waals surface area (Å²) in [6, 6.07) is -0.305. The van der Waals surface area contributed by atoms with E-state index in [9.17, 15) is 17.6 Å². The van der Waals surface area contributed by atoms with Crippen molar-refractivity contribution in [3.8, 4) is 0 Å². The molecule has 0 saturated heterocycles. The molecule has 0 saturated carbocycles. The van der Waals surface area contributed by atoms with Crippen LogP contribution in [0.2, 0.25) is 0 Å². The van der Waals surface area contributed by atoms with Gasteiger partial charge in [0.15, 0.2) is 0 Å². The SMILES string of the molecule is CCC(C)N(CCOC)c1c(F)c(F)nc(F)c1F. The number of methoxy groups -OCH3 is 1. The van der Waals surface area contributed by atoms with Crippen molar-refractivity contribution in [2.24, 2.45) is 0 Å². The second-order valence-corrected chi connectivity index (χ2v) is 4.11. The van der Waals surface area contributed by atoms with Crippen LogP contribution in [0.1, 0.15) is 20.3 Å². The van der Waals surface area contributed by atoms with Crippen LogP contribution in [0.15, 0.2) is 0 Å². The standard InChI is InChI=1S/C12H16F4N2O/c1-4-7(2)18(5-6-19-3)10-8(13)11(15)17-12(16)9(10)14/h7H,4-6H2,1-3H3. The van der Waals surface area contributed by atoms with Crippen molar-refractivity contribution in [3.05, 3.63) is 23.5 Å². The Morgan fingerprint density at radius 1 is 1.16 bits per heavy atom. The molecule has 108 valence electrons. The van der Waals surface area contributed by atoms with Gasteiger partial charge >= 0.3 is 0 Å². The molecule has 0 radical (unpaired) electrons. The maximum Gasteiger partial charge on any atom is 0.253 e. The fraction of sp³-hybridized carbons (Fsp3) is 0.583. The van der Waals surface area contributed by atoms with Crippen LogP contribution in [0.25, 0.3) is 0 Å². The predicted molar refractivity (Wildman–Crippen MR) is 63.0 cm³/mol. The molecule has 0 N–H and O–H groups in total. The molecule has 0 aliphatic carbocycles. The summed E-state index contributed by atoms with van der Waals surface area (Å²) >= 11 is 0. The summed E-state index contributed by atoms with van der Waals surface area (Å²) in [5, 5.41) is 0. The minimum absolute atomic E-state index is 0.113. The summed E-state index contributed by atoms with van der Waals surface area (Å²) in [7, 11) is 1.43. The number of nitrogens with zero attached hydrogens (tertiary/aromatic N) is 2. The van der Waals surface area contributed by atoms with E-state index >= 15 is 0 Å². The molecule has 7 heteroatoms. The highest BCUT2D eigenvalue weighted by Gasteiger charge is 2.27. The number of hydrogen-bond donors (Lipinski definition) is 0. The lowest BCUT2D eigenvalue weighted by molar-refractivity contribution is 0.202. The zero-order valence-electron chi connectivity index (χ0n) is 11.0. The average molecular weight is 280 g/mol. The Hall–Kier alpha value is -1.37. The third-order valence-electron chi connectivity index (χ3n) is 2.92. The molecule has 0 amide bonds. The summed E-state index contributed by atoms with van der Waals surface area (Å²) in [5.74, 6) is -6.29. The van der Waals surface area contributed by atoms with Crippen LogP contribution in [0.3, 0.4) is 0 Å². The van der Waals surface area contributed by atoms with E-state index in [1.807, 2.05) is 0 Å². The monoisotopic (exact) mass is 280 g/mol. The van der Waals surface area contributed by atoms with E-state index in [1.54, 1.807) is 13.8 Å². The van der Waals surface area contributed by atoms with Crippen molar-refractivity contribution in [1.29, 1.82) is 0 Å². The molecule has 1 aromatic heterocycles. The van der Waals surface area contributed by atoms with Crippen LogP contribution < -0.4 is 4.90 Å². The number of aromatic nitrogens is 1. The van der Waals surface area contributed by atoms with Gasteiger partial charge in [0.05, 0.1) is 6.61 Å². The van der Waals surface area contributed by atoms with Gasteiger partial charge in [-0.05, 0) is 13.3 Å². The van der Waals surface area contributed by atoms with Crippen LogP contribution in [0.5, 0.6) is 0 Å². The Morgan fingerprint density at radius 3 is 2.11 bits per heavy atom. The Bertz CT molecular complexity index is 416. The molecule has 1 rings (SSSR count). The number of halogens is 4. The average Bonchev–Trinajstić information content (AvgIpc) is 2.39. The fourth-order valence-electron chi connectivity index (χ4n) is 1.69. The lowest BCUT2D eigenvalue weighted by Gasteiger charge is -2.31. The van der Waals surface area contributed by atoms with Crippen LogP contribution in [-0.2, 0) is 4.74 Å². The number of rotatable bonds is 6. The first-order chi connectivity index (χ1) is 8.93. The Morgan fingerprint density at radius 2 is 1.68 bits per heavy atom. The molecule has 0 aliphatic rings. The highest BCUT2D eigenvalue weighted by Crippen LogP contribution is 2.28. The van der Waals surface area contributed by atoms with Gasteiger partial charge in [-0.1, -0.05) is 6.92 Å². The van der Waals surface area contributed by atoms with Crippen LogP contribution in [-0.4, -0.2) is 31.3 Å². The van der Waals surface area contributed by atoms with Crippen molar-refractivity contribution < 1.29 is 22.3 Å². The van der Waals surface area contributed by atoms with Crippen LogP contribution in [0, 0.1) is 23.5 Å². The maximum atomic E-state index is 13.7. The Labute approximate surface area is 109 Å². The third kappa shape index (κ3) is 3.34. The molecule has 0 spiro atoms. The smallest absolute Gasteiger partial charge is 0.253 e. The molecule has 1 heterocycles. The van der Waals surface area contributed by atoms with Gasteiger partial charge in [-0.15, -0.1) is 0 Å². The van der Waals surface area contributed by atoms with Gasteiger partial charge in [0.25, 0.3) is 11.9 Å². The summed E-state index contributed by atoms with van der Waals surface area (Å²) in [4.78, 5) is 3.78. The summed E-state index contributed by atoms with van der Waals surface area (Å²) in [6.07, 6.45) is 0.550. The second-order valence-electron chi connectivity index (χ2n) is 4.11. The summed E-state index contributed by atoms with van der Waals surface area (Å²) < 4.78 is 58.5. The van der Waals surface area contributed by atoms with Gasteiger partial charge in [-0.3, -0.25) is 0 Å². The lowest BCUT2D eigenvalue weighted by atomic mass is 10.2. The molecule has 1 aromatic rings. The maximum absolute atomic E-state index is 13.7. The topological polar surface area (TPSA) is 25.4 Å². The summed E-state index contributed by atoms with van der Waals surface area (Å²) in [6.45, 7) is 3.79. The number of anilines is 1. The van der Waals surface area contributed by atoms with Crippen molar-refractivity contribution in [2.45, 2.75) is 26.3 Å². The third-order valence-corrected chi connectivity index (χ3v) is 2.92. The molecule has 1 unspecified atom stereocenters. The minimum Gasteiger partial charge on any atom is -0.383 e. The number of ether oxygens (including phenoxy) is 1. The minimum atomic E-state index is -1.65. The van der Waals surface area contributed by atoms with Gasteiger partial charge < -0.3 is 9.64 Å². The zero-order valence-corrected chi connectivity index (χ0v) is 11.0. The van der Waals surface area contributed by atoms with E-state index in [0.717, 1.165) is 0 Å². The quantitative estimate of drug-likeness (QED) is 0.592. The fourth-order valence-corrected chi connectivity index (χ4v) is 1.69. The van der Waals surface area contributed by atoms with E-state index in [-0.39, 0.29) is 19.2 Å². The summed E-state index contributed by atoms with van der Waals surface area (Å²) in [5.41, 5.74) is -0.739. The molecule has 3 nitrogen and oxygen atoms in total. The largest absolute Gasteiger partial charge is 0.383 e. The zero-order chi connectivity index (χ0) is 14.6. The van der Waals surface area contributed by atoms with Gasteiger partial charge in [0, 0.05) is 19.7 Å². The van der Waals surface area contributed by atoms with Crippen molar-refractivity contribution in [2.75, 3.05) is 25.2 Å². The number of pyridine rings is 1. The van der Waals surface area contributed by atoms with Crippen molar-refractivity contribution in [3.63, 3.8) is 0 Å². The van der Waals surface area contributed by atoms with E-state index in [0.29, 0.717) is 6.42 Å². The van der Waals surface area contributed by atoms with E-state index in [4.69, 9.17) is 4.74 Å². The van der Waals surface area contributed by atoms with E-state index in [2.05, 4.69) is 4.98 Å². The van der Waals surface area contributed by atoms with Gasteiger partial charge in [-0.25, -0.2) is 0 Å². The first kappa shape index (κ1) is 15.7. The van der Waals surface area contributed by atoms with Crippen molar-refractivity contribution in [1.82, 2.24) is 4.98 Å². The second kappa shape index (κ2) is 6.70. The number of hydrogen-bond acceptors (Lipinski definition) is 3. The molecule has 0 fully saturated rings. The predicted octanol–water partition coefficient (Wildman–Crippen LogP) is 2.89. The first-order valence-corrected chi connectivity index (χ1v) is 5.89. The van der Waals surface area contributed by atoms with Gasteiger partial charge in [0.2, 0.25) is 11.6 Å². The molecule has 0 aromatic carbocycles. The van der Waals surface area contributed by atoms with Crippen LogP contribution in [0.4, 0.5) is 23.2 Å². The van der Waals surface area contributed by atoms with E-state index < -0.39 is 29.2 Å². The van der Waals surface area contributed by atoms with Gasteiger partial charge in [-0.2, -0.15) is 22.5 Å². The normalized spacial score (nSPS) is 12.6.